The summed E-state index contributed by atoms with van der Waals surface area (Å²) in [7, 11) is -2.80. The van der Waals surface area contributed by atoms with Crippen LogP contribution < -0.4 is 0 Å². The smallest absolute Gasteiger partial charge is 0.200 e. The van der Waals surface area contributed by atoms with Crippen molar-refractivity contribution in [2.45, 2.75) is 90.9 Å². The maximum Gasteiger partial charge on any atom is 0.200 e. The lowest BCUT2D eigenvalue weighted by molar-refractivity contribution is 0.470. The number of rotatable bonds is 14. The van der Waals surface area contributed by atoms with E-state index in [1.807, 2.05) is 0 Å². The summed E-state index contributed by atoms with van der Waals surface area (Å²) in [4.78, 5) is 9.84. The summed E-state index contributed by atoms with van der Waals surface area (Å²) < 4.78 is 11.9. The summed E-state index contributed by atoms with van der Waals surface area (Å²) in [5.41, 5.74) is 0. The van der Waals surface area contributed by atoms with E-state index in [2.05, 4.69) is 13.8 Å². The highest BCUT2D eigenvalue weighted by Gasteiger charge is 2.16. The van der Waals surface area contributed by atoms with Gasteiger partial charge in [0.1, 0.15) is 0 Å². The SMILES string of the molecule is CCCCCCCCCCP(=O)(O)CCCCCC. The van der Waals surface area contributed by atoms with Crippen LogP contribution in [0.1, 0.15) is 90.9 Å². The van der Waals surface area contributed by atoms with Gasteiger partial charge in [-0.2, -0.15) is 0 Å². The maximum absolute atomic E-state index is 11.9. The molecule has 1 atom stereocenters. The third-order valence-corrected chi connectivity index (χ3v) is 5.75. The standard InChI is InChI=1S/C16H35O2P/c1-3-5-7-9-10-11-12-14-16-19(17,18)15-13-8-6-4-2/h3-16H2,1-2H3,(H,17,18). The molecule has 0 rings (SSSR count). The molecule has 0 amide bonds. The fraction of sp³-hybridized carbons (Fsp3) is 1.00. The van der Waals surface area contributed by atoms with Crippen molar-refractivity contribution in [2.24, 2.45) is 0 Å². The zero-order chi connectivity index (χ0) is 14.4. The first-order valence-corrected chi connectivity index (χ1v) is 10.5. The van der Waals surface area contributed by atoms with Crippen molar-refractivity contribution in [1.29, 1.82) is 0 Å². The van der Waals surface area contributed by atoms with Crippen molar-refractivity contribution < 1.29 is 9.46 Å². The fourth-order valence-corrected chi connectivity index (χ4v) is 4.05. The molecule has 2 nitrogen and oxygen atoms in total. The van der Waals surface area contributed by atoms with Gasteiger partial charge in [-0.05, 0) is 12.8 Å². The van der Waals surface area contributed by atoms with Crippen LogP contribution >= 0.6 is 7.37 Å². The van der Waals surface area contributed by atoms with E-state index in [1.54, 1.807) is 0 Å². The molecular formula is C16H35O2P. The molecule has 0 radical (unpaired) electrons. The van der Waals surface area contributed by atoms with E-state index >= 15 is 0 Å². The Balaban J connectivity index is 3.35. The van der Waals surface area contributed by atoms with E-state index in [1.165, 1.54) is 51.4 Å². The van der Waals surface area contributed by atoms with E-state index in [-0.39, 0.29) is 0 Å². The van der Waals surface area contributed by atoms with Crippen molar-refractivity contribution >= 4 is 7.37 Å². The van der Waals surface area contributed by atoms with Gasteiger partial charge in [-0.1, -0.05) is 78.1 Å². The second kappa shape index (κ2) is 13.2. The molecule has 0 aromatic rings. The molecule has 1 unspecified atom stereocenters. The number of hydrogen-bond acceptors (Lipinski definition) is 1. The maximum atomic E-state index is 11.9. The molecule has 0 aromatic carbocycles. The first kappa shape index (κ1) is 19.2. The summed E-state index contributed by atoms with van der Waals surface area (Å²) >= 11 is 0. The molecule has 116 valence electrons. The molecule has 19 heavy (non-hydrogen) atoms. The van der Waals surface area contributed by atoms with Crippen LogP contribution in [-0.4, -0.2) is 17.2 Å². The van der Waals surface area contributed by atoms with Gasteiger partial charge in [-0.25, -0.2) is 0 Å². The van der Waals surface area contributed by atoms with Gasteiger partial charge >= 0.3 is 0 Å². The molecule has 3 heteroatoms. The van der Waals surface area contributed by atoms with Gasteiger partial charge in [0.25, 0.3) is 0 Å². The minimum absolute atomic E-state index is 0.545. The Morgan fingerprint density at radius 2 is 0.947 bits per heavy atom. The molecule has 0 aliphatic carbocycles. The fourth-order valence-electron chi connectivity index (χ4n) is 2.39. The third-order valence-electron chi connectivity index (χ3n) is 3.72. The van der Waals surface area contributed by atoms with Crippen LogP contribution in [0.25, 0.3) is 0 Å². The summed E-state index contributed by atoms with van der Waals surface area (Å²) in [6, 6.07) is 0. The van der Waals surface area contributed by atoms with Gasteiger partial charge in [0, 0.05) is 12.3 Å². The molecule has 0 aromatic heterocycles. The average Bonchev–Trinajstić information content (AvgIpc) is 2.38. The molecule has 0 saturated carbocycles. The van der Waals surface area contributed by atoms with Gasteiger partial charge in [-0.15, -0.1) is 0 Å². The van der Waals surface area contributed by atoms with Crippen LogP contribution in [0.4, 0.5) is 0 Å². The number of hydrogen-bond donors (Lipinski definition) is 1. The molecule has 1 N–H and O–H groups in total. The van der Waals surface area contributed by atoms with E-state index in [4.69, 9.17) is 0 Å². The van der Waals surface area contributed by atoms with E-state index < -0.39 is 7.37 Å². The lowest BCUT2D eigenvalue weighted by atomic mass is 10.1. The molecule has 0 heterocycles. The molecule has 0 fully saturated rings. The summed E-state index contributed by atoms with van der Waals surface area (Å²) in [6.45, 7) is 4.40. The van der Waals surface area contributed by atoms with E-state index in [9.17, 15) is 9.46 Å². The molecule has 0 saturated heterocycles. The second-order valence-corrected chi connectivity index (χ2v) is 8.42. The number of unbranched alkanes of at least 4 members (excludes halogenated alkanes) is 10. The Bertz CT molecular complexity index is 229. The first-order chi connectivity index (χ1) is 9.12. The van der Waals surface area contributed by atoms with Crippen LogP contribution in [-0.2, 0) is 4.57 Å². The van der Waals surface area contributed by atoms with Gasteiger partial charge in [0.05, 0.1) is 0 Å². The van der Waals surface area contributed by atoms with Gasteiger partial charge in [0.15, 0.2) is 0 Å². The highest BCUT2D eigenvalue weighted by Crippen LogP contribution is 2.42. The lowest BCUT2D eigenvalue weighted by Crippen LogP contribution is -1.95. The highest BCUT2D eigenvalue weighted by molar-refractivity contribution is 7.57. The van der Waals surface area contributed by atoms with Gasteiger partial charge in [0.2, 0.25) is 7.37 Å². The second-order valence-electron chi connectivity index (χ2n) is 5.83. The molecular weight excluding hydrogens is 255 g/mol. The van der Waals surface area contributed by atoms with Crippen molar-refractivity contribution in [3.05, 3.63) is 0 Å². The quantitative estimate of drug-likeness (QED) is 0.316. The van der Waals surface area contributed by atoms with Crippen LogP contribution in [0.2, 0.25) is 0 Å². The Morgan fingerprint density at radius 1 is 0.632 bits per heavy atom. The predicted octanol–water partition coefficient (Wildman–Crippen LogP) is 5.98. The molecule has 0 spiro atoms. The topological polar surface area (TPSA) is 37.3 Å². The summed E-state index contributed by atoms with van der Waals surface area (Å²) in [5, 5.41) is 0. The normalized spacial score (nSPS) is 14.5. The van der Waals surface area contributed by atoms with Crippen molar-refractivity contribution in [3.8, 4) is 0 Å². The molecule has 0 bridgehead atoms. The molecule has 0 aliphatic heterocycles. The Kier molecular flexibility index (Phi) is 13.3. The van der Waals surface area contributed by atoms with E-state index in [0.29, 0.717) is 12.3 Å². The lowest BCUT2D eigenvalue weighted by Gasteiger charge is -2.11. The van der Waals surface area contributed by atoms with Crippen LogP contribution in [0.15, 0.2) is 0 Å². The minimum Gasteiger partial charge on any atom is -0.344 e. The van der Waals surface area contributed by atoms with Gasteiger partial charge < -0.3 is 4.89 Å². The molecule has 0 aliphatic rings. The monoisotopic (exact) mass is 290 g/mol. The largest absolute Gasteiger partial charge is 0.344 e. The zero-order valence-corrected chi connectivity index (χ0v) is 14.1. The Hall–Kier alpha value is 0.190. The van der Waals surface area contributed by atoms with E-state index in [0.717, 1.165) is 25.7 Å². The third kappa shape index (κ3) is 14.4. The summed E-state index contributed by atoms with van der Waals surface area (Å²) in [6.07, 6.45) is 15.5. The van der Waals surface area contributed by atoms with Crippen LogP contribution in [0, 0.1) is 0 Å². The van der Waals surface area contributed by atoms with Crippen molar-refractivity contribution in [3.63, 3.8) is 0 Å². The first-order valence-electron chi connectivity index (χ1n) is 8.43. The Labute approximate surface area is 120 Å². The van der Waals surface area contributed by atoms with Gasteiger partial charge in [-0.3, -0.25) is 4.57 Å². The van der Waals surface area contributed by atoms with Crippen molar-refractivity contribution in [2.75, 3.05) is 12.3 Å². The minimum atomic E-state index is -2.80. The zero-order valence-electron chi connectivity index (χ0n) is 13.2. The average molecular weight is 290 g/mol. The predicted molar refractivity (Wildman–Crippen MR) is 86.3 cm³/mol. The Morgan fingerprint density at radius 3 is 1.37 bits per heavy atom. The van der Waals surface area contributed by atoms with Crippen LogP contribution in [0.5, 0.6) is 0 Å². The summed E-state index contributed by atoms with van der Waals surface area (Å²) in [5.74, 6) is 0. The van der Waals surface area contributed by atoms with Crippen molar-refractivity contribution in [1.82, 2.24) is 0 Å². The van der Waals surface area contributed by atoms with Crippen LogP contribution in [0.3, 0.4) is 0 Å². The highest BCUT2D eigenvalue weighted by atomic mass is 31.2.